The van der Waals surface area contributed by atoms with Crippen molar-refractivity contribution in [1.29, 1.82) is 0 Å². The molecule has 3 aliphatic rings. The maximum absolute atomic E-state index is 12.2. The Bertz CT molecular complexity index is 593. The van der Waals surface area contributed by atoms with Gasteiger partial charge in [0.25, 0.3) is 0 Å². The summed E-state index contributed by atoms with van der Waals surface area (Å²) in [4.78, 5) is 16.8. The number of rotatable bonds is 4. The third-order valence-corrected chi connectivity index (χ3v) is 6.16. The number of amides is 1. The minimum atomic E-state index is 0.339. The summed E-state index contributed by atoms with van der Waals surface area (Å²) in [6.07, 6.45) is 9.57. The third-order valence-electron chi connectivity index (χ3n) is 6.16. The van der Waals surface area contributed by atoms with Crippen LogP contribution in [0.1, 0.15) is 68.9 Å². The van der Waals surface area contributed by atoms with Crippen molar-refractivity contribution in [3.05, 3.63) is 11.6 Å². The van der Waals surface area contributed by atoms with Gasteiger partial charge in [0.15, 0.2) is 0 Å². The number of nitrogens with zero attached hydrogens (tertiary/aromatic N) is 5. The first kappa shape index (κ1) is 17.0. The van der Waals surface area contributed by atoms with Gasteiger partial charge in [0.2, 0.25) is 5.91 Å². The highest BCUT2D eigenvalue weighted by Crippen LogP contribution is 2.34. The van der Waals surface area contributed by atoms with Crippen LogP contribution >= 0.6 is 0 Å². The molecule has 2 saturated heterocycles. The van der Waals surface area contributed by atoms with Crippen molar-refractivity contribution in [3.8, 4) is 0 Å². The van der Waals surface area contributed by atoms with Crippen LogP contribution in [0.5, 0.6) is 0 Å². The van der Waals surface area contributed by atoms with E-state index in [0.29, 0.717) is 17.7 Å². The molecule has 1 aliphatic carbocycles. The van der Waals surface area contributed by atoms with Crippen LogP contribution in [-0.2, 0) is 18.4 Å². The van der Waals surface area contributed by atoms with E-state index in [9.17, 15) is 4.79 Å². The van der Waals surface area contributed by atoms with E-state index < -0.39 is 0 Å². The summed E-state index contributed by atoms with van der Waals surface area (Å²) < 4.78 is 2.22. The van der Waals surface area contributed by atoms with Crippen molar-refractivity contribution >= 4 is 5.91 Å². The van der Waals surface area contributed by atoms with Crippen molar-refractivity contribution in [1.82, 2.24) is 24.6 Å². The zero-order valence-electron chi connectivity index (χ0n) is 15.5. The molecule has 1 aromatic heterocycles. The Morgan fingerprint density at radius 2 is 1.64 bits per heavy atom. The van der Waals surface area contributed by atoms with Crippen molar-refractivity contribution in [2.24, 2.45) is 13.0 Å². The first-order valence-electron chi connectivity index (χ1n) is 10.1. The first-order valence-corrected chi connectivity index (χ1v) is 10.1. The fraction of sp³-hybridized carbons (Fsp3) is 0.842. The van der Waals surface area contributed by atoms with E-state index in [0.717, 1.165) is 57.0 Å². The van der Waals surface area contributed by atoms with Crippen LogP contribution in [0.4, 0.5) is 0 Å². The fourth-order valence-electron chi connectivity index (χ4n) is 4.31. The Balaban J connectivity index is 1.35. The Morgan fingerprint density at radius 1 is 0.960 bits per heavy atom. The monoisotopic (exact) mass is 345 g/mol. The molecule has 6 nitrogen and oxygen atoms in total. The van der Waals surface area contributed by atoms with E-state index >= 15 is 0 Å². The van der Waals surface area contributed by atoms with Gasteiger partial charge in [-0.15, -0.1) is 10.2 Å². The third kappa shape index (κ3) is 3.89. The second kappa shape index (κ2) is 7.44. The van der Waals surface area contributed by atoms with Crippen LogP contribution in [0.3, 0.4) is 0 Å². The van der Waals surface area contributed by atoms with Gasteiger partial charge in [0, 0.05) is 32.0 Å². The Kier molecular flexibility index (Phi) is 5.06. The van der Waals surface area contributed by atoms with Gasteiger partial charge < -0.3 is 9.47 Å². The minimum absolute atomic E-state index is 0.339. The molecule has 2 aliphatic heterocycles. The van der Waals surface area contributed by atoms with Gasteiger partial charge >= 0.3 is 0 Å². The molecular formula is C19H31N5O. The lowest BCUT2D eigenvalue weighted by atomic mass is 9.95. The molecule has 4 rings (SSSR count). The number of aromatic nitrogens is 3. The highest BCUT2D eigenvalue weighted by atomic mass is 16.2. The molecular weight excluding hydrogens is 314 g/mol. The van der Waals surface area contributed by atoms with Gasteiger partial charge in [-0.1, -0.05) is 12.8 Å². The number of likely N-dealkylation sites (tertiary alicyclic amines) is 2. The van der Waals surface area contributed by atoms with Gasteiger partial charge in [-0.05, 0) is 51.6 Å². The summed E-state index contributed by atoms with van der Waals surface area (Å²) in [5.74, 6) is 3.38. The second-order valence-corrected chi connectivity index (χ2v) is 8.10. The number of carbonyl (C=O) groups is 1. The molecule has 0 spiro atoms. The van der Waals surface area contributed by atoms with Crippen LogP contribution < -0.4 is 0 Å². The average Bonchev–Trinajstić information content (AvgIpc) is 3.44. The molecule has 0 bridgehead atoms. The largest absolute Gasteiger partial charge is 0.342 e. The lowest BCUT2D eigenvalue weighted by molar-refractivity contribution is -0.133. The van der Waals surface area contributed by atoms with Gasteiger partial charge in [-0.3, -0.25) is 9.69 Å². The topological polar surface area (TPSA) is 54.3 Å². The molecule has 6 heteroatoms. The molecule has 0 unspecified atom stereocenters. The van der Waals surface area contributed by atoms with Gasteiger partial charge in [-0.2, -0.15) is 0 Å². The zero-order chi connectivity index (χ0) is 17.2. The molecule has 138 valence electrons. The molecule has 0 aromatic carbocycles. The smallest absolute Gasteiger partial charge is 0.225 e. The Labute approximate surface area is 150 Å². The van der Waals surface area contributed by atoms with Gasteiger partial charge in [0.05, 0.1) is 6.54 Å². The van der Waals surface area contributed by atoms with E-state index in [1.807, 2.05) is 0 Å². The molecule has 1 aromatic rings. The molecule has 3 heterocycles. The zero-order valence-corrected chi connectivity index (χ0v) is 15.5. The van der Waals surface area contributed by atoms with Crippen molar-refractivity contribution in [2.75, 3.05) is 26.2 Å². The summed E-state index contributed by atoms with van der Waals surface area (Å²) in [6, 6.07) is 0. The summed E-state index contributed by atoms with van der Waals surface area (Å²) in [7, 11) is 2.12. The minimum Gasteiger partial charge on any atom is -0.342 e. The quantitative estimate of drug-likeness (QED) is 0.840. The van der Waals surface area contributed by atoms with E-state index in [1.165, 1.54) is 38.8 Å². The SMILES string of the molecule is Cn1c(CN2CCCCCC2)nnc1C1CCN(C(=O)C2CC2)CC1. The van der Waals surface area contributed by atoms with Crippen LogP contribution in [0.2, 0.25) is 0 Å². The maximum atomic E-state index is 12.2. The van der Waals surface area contributed by atoms with Crippen LogP contribution in [0.25, 0.3) is 0 Å². The normalized spacial score (nSPS) is 23.6. The molecule has 3 fully saturated rings. The maximum Gasteiger partial charge on any atom is 0.225 e. The standard InChI is InChI=1S/C19H31N5O/c1-22-17(14-23-10-4-2-3-5-11-23)20-21-18(22)15-8-12-24(13-9-15)19(25)16-6-7-16/h15-16H,2-14H2,1H3. The summed E-state index contributed by atoms with van der Waals surface area (Å²) in [6.45, 7) is 5.05. The second-order valence-electron chi connectivity index (χ2n) is 8.10. The Hall–Kier alpha value is -1.43. The van der Waals surface area contributed by atoms with Crippen LogP contribution in [-0.4, -0.2) is 56.7 Å². The van der Waals surface area contributed by atoms with E-state index in [4.69, 9.17) is 0 Å². The summed E-state index contributed by atoms with van der Waals surface area (Å²) in [5.41, 5.74) is 0. The molecule has 1 saturated carbocycles. The van der Waals surface area contributed by atoms with Gasteiger partial charge in [-0.25, -0.2) is 0 Å². The van der Waals surface area contributed by atoms with Crippen LogP contribution in [0.15, 0.2) is 0 Å². The van der Waals surface area contributed by atoms with Gasteiger partial charge in [0.1, 0.15) is 11.6 Å². The van der Waals surface area contributed by atoms with E-state index in [1.54, 1.807) is 0 Å². The predicted molar refractivity (Wildman–Crippen MR) is 96.0 cm³/mol. The number of hydrogen-bond donors (Lipinski definition) is 0. The first-order chi connectivity index (χ1) is 12.2. The summed E-state index contributed by atoms with van der Waals surface area (Å²) >= 11 is 0. The van der Waals surface area contributed by atoms with Crippen molar-refractivity contribution in [2.45, 2.75) is 63.8 Å². The van der Waals surface area contributed by atoms with Crippen molar-refractivity contribution in [3.63, 3.8) is 0 Å². The number of piperidine rings is 1. The lowest BCUT2D eigenvalue weighted by Gasteiger charge is -2.31. The van der Waals surface area contributed by atoms with E-state index in [-0.39, 0.29) is 0 Å². The van der Waals surface area contributed by atoms with E-state index in [2.05, 4.69) is 31.6 Å². The lowest BCUT2D eigenvalue weighted by Crippen LogP contribution is -2.39. The Morgan fingerprint density at radius 3 is 2.28 bits per heavy atom. The molecule has 0 N–H and O–H groups in total. The number of carbonyl (C=O) groups excluding carboxylic acids is 1. The fourth-order valence-corrected chi connectivity index (χ4v) is 4.31. The molecule has 25 heavy (non-hydrogen) atoms. The van der Waals surface area contributed by atoms with Crippen molar-refractivity contribution < 1.29 is 4.79 Å². The highest BCUT2D eigenvalue weighted by Gasteiger charge is 2.35. The molecule has 0 atom stereocenters. The highest BCUT2D eigenvalue weighted by molar-refractivity contribution is 5.81. The summed E-state index contributed by atoms with van der Waals surface area (Å²) in [5, 5.41) is 9.03. The average molecular weight is 345 g/mol. The molecule has 0 radical (unpaired) electrons. The predicted octanol–water partition coefficient (Wildman–Crippen LogP) is 2.31. The number of hydrogen-bond acceptors (Lipinski definition) is 4. The van der Waals surface area contributed by atoms with Crippen LogP contribution in [0, 0.1) is 5.92 Å². The molecule has 1 amide bonds.